The molecule has 0 aromatic heterocycles. The number of hydrogen-bond donors (Lipinski definition) is 2. The quantitative estimate of drug-likeness (QED) is 0.539. The van der Waals surface area contributed by atoms with Gasteiger partial charge in [-0.1, -0.05) is 12.1 Å². The van der Waals surface area contributed by atoms with Crippen LogP contribution in [0.4, 0.5) is 4.79 Å². The van der Waals surface area contributed by atoms with Gasteiger partial charge in [-0.25, -0.2) is 9.59 Å². The number of nitrogens with one attached hydrogen (secondary N) is 2. The van der Waals surface area contributed by atoms with Crippen molar-refractivity contribution in [3.63, 3.8) is 0 Å². The molecular formula is C17H22N2O6. The van der Waals surface area contributed by atoms with Crippen LogP contribution in [0, 0.1) is 0 Å². The zero-order valence-electron chi connectivity index (χ0n) is 14.5. The van der Waals surface area contributed by atoms with Gasteiger partial charge < -0.3 is 19.5 Å². The minimum atomic E-state index is -1.13. The largest absolute Gasteiger partial charge is 0.493 e. The Hall–Kier alpha value is -3.03. The van der Waals surface area contributed by atoms with E-state index in [1.807, 2.05) is 11.4 Å². The predicted octanol–water partition coefficient (Wildman–Crippen LogP) is 1.19. The summed E-state index contributed by atoms with van der Waals surface area (Å²) in [4.78, 5) is 34.4. The van der Waals surface area contributed by atoms with Crippen LogP contribution in [0.2, 0.25) is 0 Å². The molecule has 0 aliphatic carbocycles. The number of allylic oxidation sites excluding steroid dienone is 1. The fourth-order valence-electron chi connectivity index (χ4n) is 1.82. The van der Waals surface area contributed by atoms with Crippen molar-refractivity contribution in [2.24, 2.45) is 0 Å². The molecule has 0 fully saturated rings. The van der Waals surface area contributed by atoms with Crippen molar-refractivity contribution in [2.45, 2.75) is 19.4 Å². The van der Waals surface area contributed by atoms with E-state index < -0.39 is 30.6 Å². The number of urea groups is 1. The van der Waals surface area contributed by atoms with Gasteiger partial charge in [0.25, 0.3) is 5.91 Å². The number of benzene rings is 1. The molecule has 1 aromatic carbocycles. The van der Waals surface area contributed by atoms with E-state index in [9.17, 15) is 14.4 Å². The van der Waals surface area contributed by atoms with E-state index in [0.29, 0.717) is 17.9 Å². The highest BCUT2D eigenvalue weighted by Gasteiger charge is 2.20. The second-order valence-corrected chi connectivity index (χ2v) is 4.97. The van der Waals surface area contributed by atoms with Crippen molar-refractivity contribution in [2.75, 3.05) is 20.8 Å². The molecule has 0 saturated heterocycles. The van der Waals surface area contributed by atoms with Crippen molar-refractivity contribution in [1.82, 2.24) is 10.6 Å². The number of rotatable bonds is 8. The molecule has 8 nitrogen and oxygen atoms in total. The molecule has 0 bridgehead atoms. The van der Waals surface area contributed by atoms with Crippen LogP contribution in [0.5, 0.6) is 11.5 Å². The number of amides is 3. The van der Waals surface area contributed by atoms with E-state index in [0.717, 1.165) is 5.56 Å². The molecule has 0 unspecified atom stereocenters. The standard InChI is InChI=1S/C17H22N2O6/c1-5-6-12-7-8-13(14(9-12)23-4)24-10-15(20)25-11(2)16(21)19-17(22)18-3/h5,7-9,11H,1,6,10H2,2-4H3,(H2,18,19,21,22)/t11-/m1/s1. The highest BCUT2D eigenvalue weighted by Crippen LogP contribution is 2.28. The summed E-state index contributed by atoms with van der Waals surface area (Å²) in [5, 5.41) is 4.23. The summed E-state index contributed by atoms with van der Waals surface area (Å²) < 4.78 is 15.5. The van der Waals surface area contributed by atoms with E-state index in [1.54, 1.807) is 18.2 Å². The van der Waals surface area contributed by atoms with E-state index >= 15 is 0 Å². The van der Waals surface area contributed by atoms with Gasteiger partial charge in [0.05, 0.1) is 7.11 Å². The molecule has 0 aliphatic heterocycles. The molecule has 3 amide bonds. The number of esters is 1. The van der Waals surface area contributed by atoms with Gasteiger partial charge in [-0.05, 0) is 31.0 Å². The summed E-state index contributed by atoms with van der Waals surface area (Å²) in [5.41, 5.74) is 0.987. The molecule has 0 spiro atoms. The molecule has 1 atom stereocenters. The van der Waals surface area contributed by atoms with Crippen molar-refractivity contribution < 1.29 is 28.6 Å². The molecule has 0 radical (unpaired) electrons. The number of hydrogen-bond acceptors (Lipinski definition) is 6. The maximum absolute atomic E-state index is 11.8. The lowest BCUT2D eigenvalue weighted by Crippen LogP contribution is -2.43. The van der Waals surface area contributed by atoms with Gasteiger partial charge in [-0.3, -0.25) is 10.1 Å². The summed E-state index contributed by atoms with van der Waals surface area (Å²) >= 11 is 0. The average Bonchev–Trinajstić information content (AvgIpc) is 2.60. The third-order valence-corrected chi connectivity index (χ3v) is 3.09. The van der Waals surface area contributed by atoms with Crippen LogP contribution in [0.1, 0.15) is 12.5 Å². The SMILES string of the molecule is C=CCc1ccc(OCC(=O)O[C@H](C)C(=O)NC(=O)NC)c(OC)c1. The third kappa shape index (κ3) is 6.54. The summed E-state index contributed by atoms with van der Waals surface area (Å²) in [6.45, 7) is 4.61. The molecule has 25 heavy (non-hydrogen) atoms. The van der Waals surface area contributed by atoms with Crippen LogP contribution >= 0.6 is 0 Å². The minimum Gasteiger partial charge on any atom is -0.493 e. The Kier molecular flexibility index (Phi) is 7.98. The Balaban J connectivity index is 2.57. The molecule has 8 heteroatoms. The lowest BCUT2D eigenvalue weighted by atomic mass is 10.1. The highest BCUT2D eigenvalue weighted by atomic mass is 16.6. The second kappa shape index (κ2) is 9.96. The van der Waals surface area contributed by atoms with Crippen molar-refractivity contribution in [3.8, 4) is 11.5 Å². The third-order valence-electron chi connectivity index (χ3n) is 3.09. The Morgan fingerprint density at radius 1 is 1.28 bits per heavy atom. The first kappa shape index (κ1) is 20.0. The monoisotopic (exact) mass is 350 g/mol. The molecule has 0 heterocycles. The molecule has 0 aliphatic rings. The fraction of sp³-hybridized carbons (Fsp3) is 0.353. The number of carbonyl (C=O) groups excluding carboxylic acids is 3. The molecule has 2 N–H and O–H groups in total. The fourth-order valence-corrected chi connectivity index (χ4v) is 1.82. The zero-order chi connectivity index (χ0) is 18.8. The van der Waals surface area contributed by atoms with Crippen LogP contribution in [0.25, 0.3) is 0 Å². The van der Waals surface area contributed by atoms with Gasteiger partial charge in [0, 0.05) is 7.05 Å². The van der Waals surface area contributed by atoms with Gasteiger partial charge in [0.1, 0.15) is 0 Å². The van der Waals surface area contributed by atoms with Crippen LogP contribution in [-0.4, -0.2) is 44.8 Å². The van der Waals surface area contributed by atoms with Crippen LogP contribution in [0.15, 0.2) is 30.9 Å². The minimum absolute atomic E-state index is 0.370. The maximum Gasteiger partial charge on any atom is 0.344 e. The average molecular weight is 350 g/mol. The Labute approximate surface area is 146 Å². The summed E-state index contributed by atoms with van der Waals surface area (Å²) in [6.07, 6.45) is 1.31. The number of methoxy groups -OCH3 is 1. The summed E-state index contributed by atoms with van der Waals surface area (Å²) in [6, 6.07) is 4.59. The van der Waals surface area contributed by atoms with E-state index in [-0.39, 0.29) is 0 Å². The zero-order valence-corrected chi connectivity index (χ0v) is 14.5. The first-order valence-electron chi connectivity index (χ1n) is 7.54. The van der Waals surface area contributed by atoms with Gasteiger partial charge >= 0.3 is 12.0 Å². The van der Waals surface area contributed by atoms with Gasteiger partial charge in [-0.15, -0.1) is 6.58 Å². The van der Waals surface area contributed by atoms with Crippen LogP contribution < -0.4 is 20.1 Å². The molecular weight excluding hydrogens is 328 g/mol. The smallest absolute Gasteiger partial charge is 0.344 e. The Morgan fingerprint density at radius 2 is 2.00 bits per heavy atom. The van der Waals surface area contributed by atoms with Gasteiger partial charge in [0.15, 0.2) is 24.2 Å². The van der Waals surface area contributed by atoms with E-state index in [4.69, 9.17) is 14.2 Å². The Bertz CT molecular complexity index is 644. The first-order valence-corrected chi connectivity index (χ1v) is 7.54. The molecule has 1 rings (SSSR count). The van der Waals surface area contributed by atoms with Crippen molar-refractivity contribution in [1.29, 1.82) is 0 Å². The summed E-state index contributed by atoms with van der Waals surface area (Å²) in [7, 11) is 2.85. The molecule has 1 aromatic rings. The number of imide groups is 1. The van der Waals surface area contributed by atoms with Gasteiger partial charge in [-0.2, -0.15) is 0 Å². The van der Waals surface area contributed by atoms with Crippen molar-refractivity contribution >= 4 is 17.9 Å². The van der Waals surface area contributed by atoms with Crippen molar-refractivity contribution in [3.05, 3.63) is 36.4 Å². The van der Waals surface area contributed by atoms with Gasteiger partial charge in [0.2, 0.25) is 0 Å². The Morgan fingerprint density at radius 3 is 2.60 bits per heavy atom. The highest BCUT2D eigenvalue weighted by molar-refractivity contribution is 5.97. The topological polar surface area (TPSA) is 103 Å². The first-order chi connectivity index (χ1) is 11.9. The normalized spacial score (nSPS) is 11.0. The van der Waals surface area contributed by atoms with Crippen LogP contribution in [-0.2, 0) is 20.7 Å². The lowest BCUT2D eigenvalue weighted by Gasteiger charge is -2.14. The number of carbonyl (C=O) groups is 3. The molecule has 0 saturated carbocycles. The second-order valence-electron chi connectivity index (χ2n) is 4.97. The van der Waals surface area contributed by atoms with Crippen LogP contribution in [0.3, 0.4) is 0 Å². The number of ether oxygens (including phenoxy) is 3. The lowest BCUT2D eigenvalue weighted by molar-refractivity contribution is -0.156. The van der Waals surface area contributed by atoms with E-state index in [2.05, 4.69) is 11.9 Å². The predicted molar refractivity (Wildman–Crippen MR) is 90.5 cm³/mol. The molecule has 136 valence electrons. The summed E-state index contributed by atoms with van der Waals surface area (Å²) in [5.74, 6) is -0.650. The van der Waals surface area contributed by atoms with E-state index in [1.165, 1.54) is 21.1 Å². The maximum atomic E-state index is 11.8.